The smallest absolute Gasteiger partial charge is 0.341 e. The Kier molecular flexibility index (Phi) is 13.3. The Morgan fingerprint density at radius 3 is 2.23 bits per heavy atom. The molecule has 2 aromatic rings. The molecule has 5 heteroatoms. The number of aryl methyl sites for hydroxylation is 1. The number of unbranched alkanes of at least 4 members (excludes halogenated alkanes) is 7. The molecule has 3 rings (SSSR count). The summed E-state index contributed by atoms with van der Waals surface area (Å²) in [5.41, 5.74) is 1.08. The largest absolute Gasteiger partial charge is 0.493 e. The SMILES string of the molecule is CCCCCCCCCCc1ccc(-c2ccc(OCC(CC)C[C@@](F)(C(=O)O)C3CCCCC3)cc2)nc1. The third kappa shape index (κ3) is 9.92. The molecule has 0 radical (unpaired) electrons. The van der Waals surface area contributed by atoms with Crippen molar-refractivity contribution < 1.29 is 19.0 Å². The Morgan fingerprint density at radius 1 is 0.974 bits per heavy atom. The van der Waals surface area contributed by atoms with Gasteiger partial charge in [0.05, 0.1) is 12.3 Å². The van der Waals surface area contributed by atoms with Crippen molar-refractivity contribution >= 4 is 5.97 Å². The lowest BCUT2D eigenvalue weighted by Gasteiger charge is -2.35. The number of halogens is 1. The second-order valence-electron chi connectivity index (χ2n) is 11.6. The van der Waals surface area contributed by atoms with Gasteiger partial charge in [0.1, 0.15) is 5.75 Å². The highest BCUT2D eigenvalue weighted by Crippen LogP contribution is 2.40. The van der Waals surface area contributed by atoms with Gasteiger partial charge < -0.3 is 9.84 Å². The lowest BCUT2D eigenvalue weighted by molar-refractivity contribution is -0.158. The van der Waals surface area contributed by atoms with Crippen LogP contribution in [0.2, 0.25) is 0 Å². The zero-order chi connectivity index (χ0) is 27.9. The van der Waals surface area contributed by atoms with E-state index < -0.39 is 17.6 Å². The van der Waals surface area contributed by atoms with Crippen LogP contribution in [0.4, 0.5) is 4.39 Å². The number of alkyl halides is 1. The first-order valence-corrected chi connectivity index (χ1v) is 15.6. The highest BCUT2D eigenvalue weighted by molar-refractivity contribution is 5.77. The van der Waals surface area contributed by atoms with E-state index in [0.29, 0.717) is 31.6 Å². The molecule has 1 aromatic carbocycles. The van der Waals surface area contributed by atoms with Crippen LogP contribution in [0.1, 0.15) is 116 Å². The van der Waals surface area contributed by atoms with E-state index in [2.05, 4.69) is 24.0 Å². The Balaban J connectivity index is 1.45. The van der Waals surface area contributed by atoms with E-state index in [1.165, 1.54) is 56.9 Å². The standard InChI is InChI=1S/C34H50FNO3/c1-3-5-6-7-8-9-10-12-15-28-18-23-32(36-25-28)29-19-21-31(22-20-29)39-26-27(4-2)24-34(35,33(37)38)30-16-13-11-14-17-30/h18-23,25,27,30H,3-17,24,26H2,1-2H3,(H,37,38)/t27?,34-/m0/s1. The maximum atomic E-state index is 15.7. The second-order valence-corrected chi connectivity index (χ2v) is 11.6. The van der Waals surface area contributed by atoms with E-state index in [9.17, 15) is 9.90 Å². The number of carbonyl (C=O) groups is 1. The Hall–Kier alpha value is -2.43. The first-order valence-electron chi connectivity index (χ1n) is 15.6. The van der Waals surface area contributed by atoms with Gasteiger partial charge in [-0.05, 0) is 80.3 Å². The molecule has 0 spiro atoms. The van der Waals surface area contributed by atoms with Crippen LogP contribution in [0.3, 0.4) is 0 Å². The lowest BCUT2D eigenvalue weighted by Crippen LogP contribution is -2.44. The maximum absolute atomic E-state index is 15.7. The van der Waals surface area contributed by atoms with Gasteiger partial charge >= 0.3 is 5.97 Å². The monoisotopic (exact) mass is 539 g/mol. The molecule has 1 aliphatic rings. The summed E-state index contributed by atoms with van der Waals surface area (Å²) < 4.78 is 21.7. The summed E-state index contributed by atoms with van der Waals surface area (Å²) in [5.74, 6) is -1.14. The van der Waals surface area contributed by atoms with Crippen LogP contribution in [0.25, 0.3) is 11.3 Å². The van der Waals surface area contributed by atoms with Gasteiger partial charge in [-0.15, -0.1) is 0 Å². The fourth-order valence-electron chi connectivity index (χ4n) is 5.87. The second kappa shape index (κ2) is 16.6. The third-order valence-corrected chi connectivity index (χ3v) is 8.55. The van der Waals surface area contributed by atoms with E-state index in [1.807, 2.05) is 37.4 Å². The fraction of sp³-hybridized carbons (Fsp3) is 0.647. The molecule has 0 saturated heterocycles. The Labute approximate surface area is 235 Å². The number of carboxylic acid groups (broad SMARTS) is 1. The number of rotatable bonds is 18. The highest BCUT2D eigenvalue weighted by Gasteiger charge is 2.47. The predicted octanol–water partition coefficient (Wildman–Crippen LogP) is 9.60. The lowest BCUT2D eigenvalue weighted by atomic mass is 9.74. The number of aromatic nitrogens is 1. The quantitative estimate of drug-likeness (QED) is 0.192. The van der Waals surface area contributed by atoms with Crippen LogP contribution < -0.4 is 4.74 Å². The molecule has 0 aliphatic heterocycles. The minimum atomic E-state index is -2.17. The van der Waals surface area contributed by atoms with Gasteiger partial charge in [0, 0.05) is 17.7 Å². The first-order chi connectivity index (χ1) is 19.0. The number of ether oxygens (including phenoxy) is 1. The molecular formula is C34H50FNO3. The predicted molar refractivity (Wildman–Crippen MR) is 158 cm³/mol. The van der Waals surface area contributed by atoms with Crippen LogP contribution in [-0.2, 0) is 11.2 Å². The van der Waals surface area contributed by atoms with Gasteiger partial charge in [0.25, 0.3) is 0 Å². The van der Waals surface area contributed by atoms with Crippen molar-refractivity contribution in [2.45, 2.75) is 122 Å². The van der Waals surface area contributed by atoms with E-state index in [-0.39, 0.29) is 12.3 Å². The van der Waals surface area contributed by atoms with Crippen molar-refractivity contribution in [2.24, 2.45) is 11.8 Å². The average molecular weight is 540 g/mol. The Bertz CT molecular complexity index is 955. The number of benzene rings is 1. The van der Waals surface area contributed by atoms with Gasteiger partial charge in [-0.1, -0.05) is 84.1 Å². The van der Waals surface area contributed by atoms with Gasteiger partial charge in [0.2, 0.25) is 5.67 Å². The number of pyridine rings is 1. The summed E-state index contributed by atoms with van der Waals surface area (Å²) in [6.07, 6.45) is 18.6. The zero-order valence-corrected chi connectivity index (χ0v) is 24.3. The minimum Gasteiger partial charge on any atom is -0.493 e. The fourth-order valence-corrected chi connectivity index (χ4v) is 5.87. The summed E-state index contributed by atoms with van der Waals surface area (Å²) in [6, 6.07) is 12.1. The van der Waals surface area contributed by atoms with Gasteiger partial charge in [-0.2, -0.15) is 0 Å². The number of aliphatic carboxylic acids is 1. The number of hydrogen-bond donors (Lipinski definition) is 1. The van der Waals surface area contributed by atoms with Crippen molar-refractivity contribution in [1.29, 1.82) is 0 Å². The highest BCUT2D eigenvalue weighted by atomic mass is 19.1. The number of nitrogens with zero attached hydrogens (tertiary/aromatic N) is 1. The molecule has 1 unspecified atom stereocenters. The molecule has 2 atom stereocenters. The summed E-state index contributed by atoms with van der Waals surface area (Å²) in [5, 5.41) is 9.75. The molecule has 216 valence electrons. The van der Waals surface area contributed by atoms with Crippen molar-refractivity contribution in [1.82, 2.24) is 4.98 Å². The third-order valence-electron chi connectivity index (χ3n) is 8.55. The molecule has 4 nitrogen and oxygen atoms in total. The van der Waals surface area contributed by atoms with Crippen LogP contribution in [0.15, 0.2) is 42.6 Å². The summed E-state index contributed by atoms with van der Waals surface area (Å²) in [6.45, 7) is 4.55. The van der Waals surface area contributed by atoms with Crippen molar-refractivity contribution in [3.63, 3.8) is 0 Å². The Morgan fingerprint density at radius 2 is 1.64 bits per heavy atom. The molecular weight excluding hydrogens is 489 g/mol. The summed E-state index contributed by atoms with van der Waals surface area (Å²) in [4.78, 5) is 16.6. The molecule has 1 saturated carbocycles. The molecule has 0 bridgehead atoms. The molecule has 0 amide bonds. The molecule has 1 aromatic heterocycles. The van der Waals surface area contributed by atoms with Gasteiger partial charge in [0.15, 0.2) is 0 Å². The summed E-state index contributed by atoms with van der Waals surface area (Å²) >= 11 is 0. The van der Waals surface area contributed by atoms with Crippen LogP contribution >= 0.6 is 0 Å². The van der Waals surface area contributed by atoms with E-state index in [0.717, 1.165) is 36.9 Å². The van der Waals surface area contributed by atoms with Crippen LogP contribution in [-0.4, -0.2) is 28.3 Å². The van der Waals surface area contributed by atoms with Crippen molar-refractivity contribution in [3.8, 4) is 17.0 Å². The molecule has 1 fully saturated rings. The molecule has 1 N–H and O–H groups in total. The van der Waals surface area contributed by atoms with E-state index in [1.54, 1.807) is 0 Å². The maximum Gasteiger partial charge on any atom is 0.341 e. The molecule has 39 heavy (non-hydrogen) atoms. The topological polar surface area (TPSA) is 59.4 Å². The van der Waals surface area contributed by atoms with E-state index >= 15 is 4.39 Å². The molecule has 1 aliphatic carbocycles. The summed E-state index contributed by atoms with van der Waals surface area (Å²) in [7, 11) is 0. The average Bonchev–Trinajstić information content (AvgIpc) is 2.97. The first kappa shape index (κ1) is 31.1. The normalized spacial score (nSPS) is 16.5. The minimum absolute atomic E-state index is 0.0107. The van der Waals surface area contributed by atoms with E-state index in [4.69, 9.17) is 4.74 Å². The van der Waals surface area contributed by atoms with Gasteiger partial charge in [-0.3, -0.25) is 4.98 Å². The van der Waals surface area contributed by atoms with Crippen molar-refractivity contribution in [2.75, 3.05) is 6.61 Å². The number of hydrogen-bond acceptors (Lipinski definition) is 3. The zero-order valence-electron chi connectivity index (χ0n) is 24.3. The van der Waals surface area contributed by atoms with Crippen LogP contribution in [0.5, 0.6) is 5.75 Å². The van der Waals surface area contributed by atoms with Crippen LogP contribution in [0, 0.1) is 11.8 Å². The number of carboxylic acids is 1. The van der Waals surface area contributed by atoms with Gasteiger partial charge in [-0.25, -0.2) is 9.18 Å². The van der Waals surface area contributed by atoms with Crippen molar-refractivity contribution in [3.05, 3.63) is 48.2 Å². The molecule has 1 heterocycles.